The molecule has 0 saturated carbocycles. The molecule has 0 saturated heterocycles. The van der Waals surface area contributed by atoms with Crippen molar-refractivity contribution in [3.8, 4) is 0 Å². The molecule has 0 N–H and O–H groups in total. The number of halogens is 4. The highest BCUT2D eigenvalue weighted by Crippen LogP contribution is 2.27. The average molecular weight is 610 g/mol. The smallest absolute Gasteiger partial charge is 0.152 e. The lowest BCUT2D eigenvalue weighted by Gasteiger charge is -2.04. The lowest BCUT2D eigenvalue weighted by Crippen LogP contribution is -1.97. The van der Waals surface area contributed by atoms with Gasteiger partial charge in [0, 0.05) is 19.8 Å². The van der Waals surface area contributed by atoms with E-state index < -0.39 is 0 Å². The molecule has 0 aromatic heterocycles. The normalized spacial score (nSPS) is 10.0. The Hall–Kier alpha value is 1.81. The van der Waals surface area contributed by atoms with Crippen molar-refractivity contribution >= 4 is 96.6 Å². The maximum atomic E-state index is 10.7. The molecule has 0 aliphatic rings. The van der Waals surface area contributed by atoms with Gasteiger partial charge in [0.2, 0.25) is 0 Å². The van der Waals surface area contributed by atoms with Gasteiger partial charge in [0.05, 0.1) is 0 Å². The molecule has 0 atom stereocenters. The number of rotatable bonds is 1. The first-order valence-corrected chi connectivity index (χ1v) is 7.17. The van der Waals surface area contributed by atoms with E-state index in [-0.39, 0.29) is 0 Å². The lowest BCUT2D eigenvalue weighted by atomic mass is 10.2. The van der Waals surface area contributed by atoms with Crippen LogP contribution in [0.5, 0.6) is 0 Å². The van der Waals surface area contributed by atoms with Gasteiger partial charge >= 0.3 is 0 Å². The minimum absolute atomic E-state index is 0.813. The Morgan fingerprint density at radius 1 is 1.00 bits per heavy atom. The Morgan fingerprint density at radius 3 is 1.75 bits per heavy atom. The Bertz CT molecular complexity index is 308. The van der Waals surface area contributed by atoms with Crippen LogP contribution < -0.4 is 0 Å². The number of carbonyl (C=O) groups is 1. The number of carbonyl (C=O) groups excluding carboxylic acids is 1. The molecule has 1 rings (SSSR count). The first kappa shape index (κ1) is 11.9. The molecule has 0 spiro atoms. The van der Waals surface area contributed by atoms with Crippen LogP contribution >= 0.6 is 90.4 Å². The third-order valence-electron chi connectivity index (χ3n) is 1.26. The third-order valence-corrected chi connectivity index (χ3v) is 7.35. The minimum atomic E-state index is 0.813. The molecular weight excluding hydrogens is 608 g/mol. The van der Waals surface area contributed by atoms with E-state index in [4.69, 9.17) is 0 Å². The quantitative estimate of drug-likeness (QED) is 0.268. The fourth-order valence-electron chi connectivity index (χ4n) is 0.695. The van der Waals surface area contributed by atoms with Crippen molar-refractivity contribution in [3.05, 3.63) is 25.9 Å². The Balaban J connectivity index is 3.52. The van der Waals surface area contributed by atoms with Crippen LogP contribution in [0, 0.1) is 14.3 Å². The maximum absolute atomic E-state index is 10.7. The van der Waals surface area contributed by atoms with Gasteiger partial charge in [-0.25, -0.2) is 0 Å². The fourth-order valence-corrected chi connectivity index (χ4v) is 4.12. The van der Waals surface area contributed by atoms with E-state index in [9.17, 15) is 4.79 Å². The van der Waals surface area contributed by atoms with E-state index in [1.165, 1.54) is 0 Å². The van der Waals surface area contributed by atoms with Crippen LogP contribution in [0.25, 0.3) is 0 Å². The van der Waals surface area contributed by atoms with Gasteiger partial charge in [-0.05, 0) is 96.4 Å². The van der Waals surface area contributed by atoms with Crippen LogP contribution in [0.4, 0.5) is 0 Å². The van der Waals surface area contributed by atoms with Gasteiger partial charge in [-0.2, -0.15) is 0 Å². The summed E-state index contributed by atoms with van der Waals surface area (Å²) in [4.78, 5) is 10.7. The first-order chi connectivity index (χ1) is 5.57. The highest BCUT2D eigenvalue weighted by atomic mass is 127. The molecule has 0 aliphatic carbocycles. The number of benzene rings is 1. The molecular formula is C7H2I4O. The highest BCUT2D eigenvalue weighted by molar-refractivity contribution is 14.1. The SMILES string of the molecule is O=Cc1c(I)c(I)cc(I)c1I. The third kappa shape index (κ3) is 2.43. The van der Waals surface area contributed by atoms with E-state index in [2.05, 4.69) is 96.4 Å². The predicted octanol–water partition coefficient (Wildman–Crippen LogP) is 3.92. The number of hydrogen-bond donors (Lipinski definition) is 0. The molecule has 5 heteroatoms. The summed E-state index contributed by atoms with van der Waals surface area (Å²) in [6.07, 6.45) is 0.924. The predicted molar refractivity (Wildman–Crippen MR) is 82.7 cm³/mol. The van der Waals surface area contributed by atoms with E-state index in [0.29, 0.717) is 0 Å². The number of hydrogen-bond acceptors (Lipinski definition) is 1. The molecule has 0 fully saturated rings. The van der Waals surface area contributed by atoms with Crippen LogP contribution in [-0.4, -0.2) is 6.29 Å². The summed E-state index contributed by atoms with van der Waals surface area (Å²) in [5, 5.41) is 0. The highest BCUT2D eigenvalue weighted by Gasteiger charge is 2.10. The summed E-state index contributed by atoms with van der Waals surface area (Å²) in [6.45, 7) is 0. The van der Waals surface area contributed by atoms with Crippen LogP contribution in [0.3, 0.4) is 0 Å². The second kappa shape index (κ2) is 5.05. The van der Waals surface area contributed by atoms with Crippen molar-refractivity contribution in [1.29, 1.82) is 0 Å². The zero-order chi connectivity index (χ0) is 9.30. The van der Waals surface area contributed by atoms with Crippen LogP contribution in [-0.2, 0) is 0 Å². The van der Waals surface area contributed by atoms with E-state index >= 15 is 0 Å². The molecule has 0 aliphatic heterocycles. The van der Waals surface area contributed by atoms with Gasteiger partial charge in [-0.3, -0.25) is 4.79 Å². The van der Waals surface area contributed by atoms with Gasteiger partial charge in [0.15, 0.2) is 6.29 Å². The van der Waals surface area contributed by atoms with Gasteiger partial charge < -0.3 is 0 Å². The van der Waals surface area contributed by atoms with Crippen molar-refractivity contribution in [3.63, 3.8) is 0 Å². The molecule has 0 unspecified atom stereocenters. The monoisotopic (exact) mass is 610 g/mol. The second-order valence-corrected chi connectivity index (χ2v) is 6.48. The molecule has 1 nitrogen and oxygen atoms in total. The van der Waals surface area contributed by atoms with E-state index in [1.807, 2.05) is 0 Å². The first-order valence-electron chi connectivity index (χ1n) is 2.86. The zero-order valence-electron chi connectivity index (χ0n) is 5.57. The molecule has 0 bridgehead atoms. The average Bonchev–Trinajstić information content (AvgIpc) is 2.02. The molecule has 0 heterocycles. The van der Waals surface area contributed by atoms with Gasteiger partial charge in [0.25, 0.3) is 0 Å². The Labute approximate surface area is 125 Å². The van der Waals surface area contributed by atoms with Crippen LogP contribution in [0.2, 0.25) is 0 Å². The van der Waals surface area contributed by atoms with Crippen molar-refractivity contribution in [2.75, 3.05) is 0 Å². The number of aldehydes is 1. The second-order valence-electron chi connectivity index (χ2n) is 2.00. The largest absolute Gasteiger partial charge is 0.298 e. The molecule has 1 aromatic rings. The summed E-state index contributed by atoms with van der Waals surface area (Å²) in [5.41, 5.74) is 0.813. The van der Waals surface area contributed by atoms with Gasteiger partial charge in [-0.15, -0.1) is 0 Å². The van der Waals surface area contributed by atoms with Gasteiger partial charge in [0.1, 0.15) is 0 Å². The standard InChI is InChI=1S/C7H2I4O/c8-4-1-5(9)7(11)3(2-12)6(4)10/h1-2H. The Morgan fingerprint density at radius 2 is 1.42 bits per heavy atom. The Kier molecular flexibility index (Phi) is 5.00. The van der Waals surface area contributed by atoms with E-state index in [0.717, 1.165) is 26.1 Å². The lowest BCUT2D eigenvalue weighted by molar-refractivity contribution is 0.112. The molecule has 64 valence electrons. The molecule has 0 amide bonds. The molecule has 1 aromatic carbocycles. The topological polar surface area (TPSA) is 17.1 Å². The fraction of sp³-hybridized carbons (Fsp3) is 0. The van der Waals surface area contributed by atoms with Crippen molar-refractivity contribution in [1.82, 2.24) is 0 Å². The van der Waals surface area contributed by atoms with Crippen molar-refractivity contribution in [2.45, 2.75) is 0 Å². The summed E-state index contributed by atoms with van der Waals surface area (Å²) in [7, 11) is 0. The van der Waals surface area contributed by atoms with Crippen molar-refractivity contribution < 1.29 is 4.79 Å². The van der Waals surface area contributed by atoms with Crippen LogP contribution in [0.15, 0.2) is 6.07 Å². The zero-order valence-corrected chi connectivity index (χ0v) is 14.2. The summed E-state index contributed by atoms with van der Waals surface area (Å²) in [6, 6.07) is 2.08. The van der Waals surface area contributed by atoms with Crippen LogP contribution in [0.1, 0.15) is 10.4 Å². The minimum Gasteiger partial charge on any atom is -0.298 e. The van der Waals surface area contributed by atoms with Crippen molar-refractivity contribution in [2.24, 2.45) is 0 Å². The van der Waals surface area contributed by atoms with Gasteiger partial charge in [-0.1, -0.05) is 0 Å². The summed E-state index contributed by atoms with van der Waals surface area (Å²) in [5.74, 6) is 0. The molecule has 12 heavy (non-hydrogen) atoms. The summed E-state index contributed by atoms with van der Waals surface area (Å²) < 4.78 is 4.38. The molecule has 0 radical (unpaired) electrons. The summed E-state index contributed by atoms with van der Waals surface area (Å²) >= 11 is 8.88. The maximum Gasteiger partial charge on any atom is 0.152 e. The van der Waals surface area contributed by atoms with E-state index in [1.54, 1.807) is 0 Å².